The summed E-state index contributed by atoms with van der Waals surface area (Å²) in [5.74, 6) is -2.10. The highest BCUT2D eigenvalue weighted by Crippen LogP contribution is 2.31. The van der Waals surface area contributed by atoms with E-state index < -0.39 is 23.9 Å². The molecule has 10 heteroatoms. The molecule has 0 aliphatic heterocycles. The number of carboxylic acid groups (broad SMARTS) is 1. The molecule has 172 valence electrons. The molecule has 4 rings (SSSR count). The molecule has 2 atom stereocenters. The van der Waals surface area contributed by atoms with Crippen molar-refractivity contribution in [3.63, 3.8) is 0 Å². The summed E-state index contributed by atoms with van der Waals surface area (Å²) in [5, 5.41) is 13.4. The number of nitrogens with zero attached hydrogens (tertiary/aromatic N) is 4. The summed E-state index contributed by atoms with van der Waals surface area (Å²) >= 11 is 0. The molecule has 1 amide bonds. The van der Waals surface area contributed by atoms with E-state index in [2.05, 4.69) is 10.1 Å². The van der Waals surface area contributed by atoms with Gasteiger partial charge in [0.15, 0.2) is 5.75 Å². The Morgan fingerprint density at radius 1 is 1.28 bits per heavy atom. The van der Waals surface area contributed by atoms with Crippen molar-refractivity contribution >= 4 is 12.1 Å². The Hall–Kier alpha value is -3.17. The second kappa shape index (κ2) is 9.13. The summed E-state index contributed by atoms with van der Waals surface area (Å²) in [5.41, 5.74) is 1.50. The SMILES string of the molecule is CN(C(=O)OCc1c(-c2ccc(O[C@H]3CCC[C@H](C(=O)O)C3)c(F)n2)cnn1C)C1CC1. The fraction of sp³-hybridized carbons (Fsp3) is 0.545. The number of aryl methyl sites for hydroxylation is 1. The van der Waals surface area contributed by atoms with Crippen LogP contribution in [-0.2, 0) is 23.2 Å². The summed E-state index contributed by atoms with van der Waals surface area (Å²) in [4.78, 5) is 29.0. The lowest BCUT2D eigenvalue weighted by Gasteiger charge is -2.27. The van der Waals surface area contributed by atoms with Gasteiger partial charge in [0, 0.05) is 25.7 Å². The topological polar surface area (TPSA) is 107 Å². The summed E-state index contributed by atoms with van der Waals surface area (Å²) in [7, 11) is 3.43. The number of carbonyl (C=O) groups excluding carboxylic acids is 1. The minimum absolute atomic E-state index is 0.00675. The van der Waals surface area contributed by atoms with Gasteiger partial charge in [-0.2, -0.15) is 9.49 Å². The second-order valence-electron chi connectivity index (χ2n) is 8.45. The van der Waals surface area contributed by atoms with Gasteiger partial charge in [-0.1, -0.05) is 0 Å². The number of hydrogen-bond acceptors (Lipinski definition) is 6. The van der Waals surface area contributed by atoms with Gasteiger partial charge in [-0.25, -0.2) is 9.78 Å². The third kappa shape index (κ3) is 4.84. The van der Waals surface area contributed by atoms with Crippen molar-refractivity contribution in [2.45, 2.75) is 57.3 Å². The minimum Gasteiger partial charge on any atom is -0.486 e. The molecule has 0 spiro atoms. The average Bonchev–Trinajstić information content (AvgIpc) is 3.56. The van der Waals surface area contributed by atoms with Crippen LogP contribution in [0.25, 0.3) is 11.3 Å². The van der Waals surface area contributed by atoms with E-state index in [4.69, 9.17) is 9.47 Å². The predicted octanol–water partition coefficient (Wildman–Crippen LogP) is 3.37. The quantitative estimate of drug-likeness (QED) is 0.650. The van der Waals surface area contributed by atoms with Gasteiger partial charge in [-0.15, -0.1) is 0 Å². The molecular weight excluding hydrogens is 419 g/mol. The summed E-state index contributed by atoms with van der Waals surface area (Å²) in [6, 6.07) is 3.35. The van der Waals surface area contributed by atoms with Crippen LogP contribution in [0.5, 0.6) is 5.75 Å². The van der Waals surface area contributed by atoms with Gasteiger partial charge in [-0.3, -0.25) is 9.48 Å². The summed E-state index contributed by atoms with van der Waals surface area (Å²) < 4.78 is 27.4. The molecule has 0 saturated heterocycles. The Morgan fingerprint density at radius 2 is 2.06 bits per heavy atom. The first-order valence-corrected chi connectivity index (χ1v) is 10.8. The maximum Gasteiger partial charge on any atom is 0.410 e. The first kappa shape index (κ1) is 22.0. The Kier molecular flexibility index (Phi) is 6.29. The van der Waals surface area contributed by atoms with Crippen LogP contribution in [0, 0.1) is 11.9 Å². The number of amides is 1. The highest BCUT2D eigenvalue weighted by atomic mass is 19.1. The number of pyridine rings is 1. The predicted molar refractivity (Wildman–Crippen MR) is 111 cm³/mol. The summed E-state index contributed by atoms with van der Waals surface area (Å²) in [6.45, 7) is -0.0120. The molecule has 0 bridgehead atoms. The van der Waals surface area contributed by atoms with Crippen LogP contribution >= 0.6 is 0 Å². The lowest BCUT2D eigenvalue weighted by atomic mass is 9.87. The number of aliphatic carboxylic acids is 1. The van der Waals surface area contributed by atoms with E-state index in [1.165, 1.54) is 6.07 Å². The average molecular weight is 446 g/mol. The van der Waals surface area contributed by atoms with Crippen LogP contribution in [0.2, 0.25) is 0 Å². The van der Waals surface area contributed by atoms with Crippen molar-refractivity contribution in [1.82, 2.24) is 19.7 Å². The molecule has 2 saturated carbocycles. The molecule has 2 aliphatic rings. The normalized spacial score (nSPS) is 20.6. The molecule has 0 radical (unpaired) electrons. The number of carboxylic acids is 1. The van der Waals surface area contributed by atoms with Crippen LogP contribution in [0.3, 0.4) is 0 Å². The Morgan fingerprint density at radius 3 is 2.75 bits per heavy atom. The van der Waals surface area contributed by atoms with E-state index in [1.807, 2.05) is 0 Å². The van der Waals surface area contributed by atoms with Crippen LogP contribution in [0.4, 0.5) is 9.18 Å². The van der Waals surface area contributed by atoms with Gasteiger partial charge < -0.3 is 19.5 Å². The highest BCUT2D eigenvalue weighted by Gasteiger charge is 2.31. The van der Waals surface area contributed by atoms with Gasteiger partial charge in [0.25, 0.3) is 5.95 Å². The molecule has 32 heavy (non-hydrogen) atoms. The van der Waals surface area contributed by atoms with Gasteiger partial charge in [0.05, 0.1) is 29.6 Å². The van der Waals surface area contributed by atoms with E-state index >= 15 is 0 Å². The lowest BCUT2D eigenvalue weighted by molar-refractivity contribution is -0.143. The number of aromatic nitrogens is 3. The van der Waals surface area contributed by atoms with Crippen molar-refractivity contribution in [2.24, 2.45) is 13.0 Å². The number of hydrogen-bond donors (Lipinski definition) is 1. The van der Waals surface area contributed by atoms with Crippen molar-refractivity contribution in [1.29, 1.82) is 0 Å². The van der Waals surface area contributed by atoms with E-state index in [9.17, 15) is 19.1 Å². The van der Waals surface area contributed by atoms with Crippen molar-refractivity contribution in [3.8, 4) is 17.0 Å². The van der Waals surface area contributed by atoms with Gasteiger partial charge in [0.2, 0.25) is 0 Å². The Balaban J connectivity index is 1.45. The maximum absolute atomic E-state index is 14.7. The third-order valence-electron chi connectivity index (χ3n) is 6.14. The number of rotatable bonds is 7. The molecule has 2 aromatic heterocycles. The molecule has 2 fully saturated rings. The molecule has 1 N–H and O–H groups in total. The minimum atomic E-state index is -0.847. The van der Waals surface area contributed by atoms with Crippen LogP contribution < -0.4 is 4.74 Å². The summed E-state index contributed by atoms with van der Waals surface area (Å²) in [6.07, 6.45) is 5.12. The zero-order chi connectivity index (χ0) is 22.8. The van der Waals surface area contributed by atoms with E-state index in [-0.39, 0.29) is 24.5 Å². The Bertz CT molecular complexity index is 1010. The highest BCUT2D eigenvalue weighted by molar-refractivity contribution is 5.70. The van der Waals surface area contributed by atoms with Crippen molar-refractivity contribution in [2.75, 3.05) is 7.05 Å². The molecule has 9 nitrogen and oxygen atoms in total. The van der Waals surface area contributed by atoms with Gasteiger partial charge in [0.1, 0.15) is 6.61 Å². The second-order valence-corrected chi connectivity index (χ2v) is 8.45. The smallest absolute Gasteiger partial charge is 0.410 e. The number of ether oxygens (including phenoxy) is 2. The van der Waals surface area contributed by atoms with E-state index in [0.717, 1.165) is 19.3 Å². The van der Waals surface area contributed by atoms with Crippen molar-refractivity contribution in [3.05, 3.63) is 30.0 Å². The lowest BCUT2D eigenvalue weighted by Crippen LogP contribution is -2.29. The van der Waals surface area contributed by atoms with Gasteiger partial charge in [-0.05, 0) is 50.7 Å². The maximum atomic E-state index is 14.7. The fourth-order valence-electron chi connectivity index (χ4n) is 4.01. The monoisotopic (exact) mass is 446 g/mol. The van der Waals surface area contributed by atoms with Crippen molar-refractivity contribution < 1.29 is 28.6 Å². The number of carbonyl (C=O) groups is 2. The molecule has 2 aromatic rings. The zero-order valence-corrected chi connectivity index (χ0v) is 18.2. The van der Waals surface area contributed by atoms with Gasteiger partial charge >= 0.3 is 12.1 Å². The molecule has 0 unspecified atom stereocenters. The molecule has 2 heterocycles. The molecule has 0 aromatic carbocycles. The van der Waals surface area contributed by atoms with E-state index in [1.54, 1.807) is 35.9 Å². The molecule has 2 aliphatic carbocycles. The van der Waals surface area contributed by atoms with Crippen LogP contribution in [0.1, 0.15) is 44.2 Å². The molecular formula is C22H27FN4O5. The van der Waals surface area contributed by atoms with Crippen LogP contribution in [-0.4, -0.2) is 56.0 Å². The van der Waals surface area contributed by atoms with Crippen LogP contribution in [0.15, 0.2) is 18.3 Å². The third-order valence-corrected chi connectivity index (χ3v) is 6.14. The Labute approximate surface area is 185 Å². The van der Waals surface area contributed by atoms with E-state index in [0.29, 0.717) is 36.2 Å². The first-order chi connectivity index (χ1) is 15.3. The largest absolute Gasteiger partial charge is 0.486 e. The first-order valence-electron chi connectivity index (χ1n) is 10.8. The number of halogens is 1. The fourth-order valence-corrected chi connectivity index (χ4v) is 4.01. The zero-order valence-electron chi connectivity index (χ0n) is 18.2. The standard InChI is InChI=1S/C22H27FN4O5/c1-26(14-6-7-14)22(30)31-12-18-16(11-24-27(18)2)17-8-9-19(20(23)25-17)32-15-5-3-4-13(10-15)21(28)29/h8-9,11,13-15H,3-7,10,12H2,1-2H3,(H,28,29)/t13-,15-/m0/s1.